The van der Waals surface area contributed by atoms with E-state index in [-0.39, 0.29) is 17.8 Å². The van der Waals surface area contributed by atoms with Crippen LogP contribution in [0, 0.1) is 0 Å². The largest absolute Gasteiger partial charge is 0.473 e. The van der Waals surface area contributed by atoms with Crippen LogP contribution in [0.3, 0.4) is 0 Å². The molecule has 1 amide bonds. The summed E-state index contributed by atoms with van der Waals surface area (Å²) in [5.41, 5.74) is 3.18. The Kier molecular flexibility index (Phi) is 8.96. The first-order valence-electron chi connectivity index (χ1n) is 13.1. The number of amides is 1. The lowest BCUT2D eigenvalue weighted by atomic mass is 9.94. The summed E-state index contributed by atoms with van der Waals surface area (Å²) >= 11 is 0. The van der Waals surface area contributed by atoms with Gasteiger partial charge in [-0.05, 0) is 56.3 Å². The molecule has 38 heavy (non-hydrogen) atoms. The van der Waals surface area contributed by atoms with Crippen molar-refractivity contribution in [3.8, 4) is 0 Å². The Balaban J connectivity index is 0.000000505. The average Bonchev–Trinajstić information content (AvgIpc) is 3.26. The van der Waals surface area contributed by atoms with Gasteiger partial charge in [0.05, 0.1) is 17.1 Å². The van der Waals surface area contributed by atoms with Crippen LogP contribution in [0.25, 0.3) is 11.0 Å². The van der Waals surface area contributed by atoms with E-state index in [1.807, 2.05) is 34.9 Å². The number of imidazole rings is 1. The third kappa shape index (κ3) is 6.49. The average molecular weight is 523 g/mol. The quantitative estimate of drug-likeness (QED) is 0.423. The van der Waals surface area contributed by atoms with E-state index in [0.717, 1.165) is 69.3 Å². The van der Waals surface area contributed by atoms with E-state index in [1.54, 1.807) is 0 Å². The van der Waals surface area contributed by atoms with Crippen LogP contribution in [0.15, 0.2) is 59.4 Å². The number of carboxylic acids is 2. The van der Waals surface area contributed by atoms with Crippen molar-refractivity contribution in [2.24, 2.45) is 0 Å². The molecule has 0 bridgehead atoms. The molecule has 5 rings (SSSR count). The lowest BCUT2D eigenvalue weighted by Gasteiger charge is -2.37. The second-order valence-corrected chi connectivity index (χ2v) is 9.76. The van der Waals surface area contributed by atoms with Crippen molar-refractivity contribution in [1.29, 1.82) is 0 Å². The summed E-state index contributed by atoms with van der Waals surface area (Å²) in [4.78, 5) is 50.9. The number of benzene rings is 2. The predicted octanol–water partition coefficient (Wildman–Crippen LogP) is 3.27. The first-order chi connectivity index (χ1) is 18.3. The minimum absolute atomic E-state index is 0.000199. The van der Waals surface area contributed by atoms with Crippen molar-refractivity contribution in [3.05, 3.63) is 70.6 Å². The number of aromatic amines is 1. The van der Waals surface area contributed by atoms with Gasteiger partial charge in [0.15, 0.2) is 0 Å². The van der Waals surface area contributed by atoms with Crippen LogP contribution in [0.5, 0.6) is 0 Å². The molecule has 3 heterocycles. The van der Waals surface area contributed by atoms with Crippen LogP contribution in [-0.2, 0) is 14.4 Å². The molecule has 2 aliphatic heterocycles. The summed E-state index contributed by atoms with van der Waals surface area (Å²) in [5.74, 6) is -3.35. The van der Waals surface area contributed by atoms with Crippen molar-refractivity contribution < 1.29 is 24.6 Å². The molecule has 0 saturated carbocycles. The zero-order valence-electron chi connectivity index (χ0n) is 21.3. The molecule has 1 aromatic heterocycles. The Bertz CT molecular complexity index is 1300. The summed E-state index contributed by atoms with van der Waals surface area (Å²) in [5, 5.41) is 14.8. The molecule has 1 atom stereocenters. The molecule has 0 spiro atoms. The SMILES string of the molecule is O=C(O)C(=O)O.O=C1CCCC(c2ccccc2)N1CCCN1CCC(n2c(=O)[nH]c3ccccc32)CC1. The standard InChI is InChI=1S/C26H32N4O2.C2H2O4/c31-25-13-6-12-23(20-8-2-1-3-9-20)29(25)17-7-16-28-18-14-21(15-19-28)30-24-11-5-4-10-22(24)27-26(30)32;3-1(4)2(5)6/h1-5,8-11,21,23H,6-7,12-19H2,(H,27,32);(H,3,4)(H,5,6). The van der Waals surface area contributed by atoms with E-state index in [0.29, 0.717) is 12.3 Å². The third-order valence-electron chi connectivity index (χ3n) is 7.35. The number of carbonyl (C=O) groups is 3. The number of rotatable bonds is 6. The molecule has 0 radical (unpaired) electrons. The van der Waals surface area contributed by atoms with Crippen LogP contribution in [0.1, 0.15) is 56.2 Å². The zero-order valence-corrected chi connectivity index (χ0v) is 21.3. The number of nitrogens with zero attached hydrogens (tertiary/aromatic N) is 3. The molecule has 10 nitrogen and oxygen atoms in total. The van der Waals surface area contributed by atoms with E-state index >= 15 is 0 Å². The van der Waals surface area contributed by atoms with Crippen molar-refractivity contribution in [3.63, 3.8) is 0 Å². The summed E-state index contributed by atoms with van der Waals surface area (Å²) in [6.45, 7) is 3.81. The predicted molar refractivity (Wildman–Crippen MR) is 142 cm³/mol. The van der Waals surface area contributed by atoms with Crippen LogP contribution < -0.4 is 5.69 Å². The molecule has 2 fully saturated rings. The number of aliphatic carboxylic acids is 2. The van der Waals surface area contributed by atoms with Gasteiger partial charge in [-0.1, -0.05) is 42.5 Å². The Morgan fingerprint density at radius 3 is 2.21 bits per heavy atom. The van der Waals surface area contributed by atoms with Gasteiger partial charge in [-0.15, -0.1) is 0 Å². The molecule has 3 N–H and O–H groups in total. The molecule has 2 aromatic carbocycles. The lowest BCUT2D eigenvalue weighted by Crippen LogP contribution is -2.41. The molecule has 10 heteroatoms. The molecule has 1 unspecified atom stereocenters. The number of H-pyrrole nitrogens is 1. The van der Waals surface area contributed by atoms with Crippen LogP contribution in [0.4, 0.5) is 0 Å². The highest BCUT2D eigenvalue weighted by Gasteiger charge is 2.29. The number of carbonyl (C=O) groups excluding carboxylic acids is 1. The van der Waals surface area contributed by atoms with Crippen molar-refractivity contribution in [2.45, 2.75) is 50.6 Å². The van der Waals surface area contributed by atoms with Gasteiger partial charge >= 0.3 is 17.6 Å². The Morgan fingerprint density at radius 2 is 1.53 bits per heavy atom. The van der Waals surface area contributed by atoms with Crippen LogP contribution >= 0.6 is 0 Å². The number of para-hydroxylation sites is 2. The maximum absolute atomic E-state index is 12.7. The molecule has 2 aliphatic rings. The van der Waals surface area contributed by atoms with Gasteiger partial charge in [0.1, 0.15) is 0 Å². The topological polar surface area (TPSA) is 136 Å². The number of hydrogen-bond donors (Lipinski definition) is 3. The minimum Gasteiger partial charge on any atom is -0.473 e. The van der Waals surface area contributed by atoms with Gasteiger partial charge in [-0.2, -0.15) is 0 Å². The summed E-state index contributed by atoms with van der Waals surface area (Å²) in [6, 6.07) is 18.9. The Morgan fingerprint density at radius 1 is 0.868 bits per heavy atom. The fraction of sp³-hybridized carbons (Fsp3) is 0.429. The first-order valence-corrected chi connectivity index (χ1v) is 13.1. The lowest BCUT2D eigenvalue weighted by molar-refractivity contribution is -0.159. The van der Waals surface area contributed by atoms with Crippen LogP contribution in [-0.4, -0.2) is 73.6 Å². The molecular weight excluding hydrogens is 488 g/mol. The molecule has 0 aliphatic carbocycles. The molecule has 3 aromatic rings. The first kappa shape index (κ1) is 27.1. The Labute approximate surface area is 220 Å². The normalized spacial score (nSPS) is 18.7. The van der Waals surface area contributed by atoms with E-state index in [2.05, 4.69) is 39.0 Å². The summed E-state index contributed by atoms with van der Waals surface area (Å²) in [7, 11) is 0. The second kappa shape index (κ2) is 12.6. The van der Waals surface area contributed by atoms with Gasteiger partial charge in [0, 0.05) is 32.1 Å². The highest BCUT2D eigenvalue weighted by Crippen LogP contribution is 2.32. The monoisotopic (exact) mass is 522 g/mol. The number of piperidine rings is 2. The molecular formula is C28H34N4O6. The molecule has 202 valence electrons. The number of aromatic nitrogens is 2. The maximum atomic E-state index is 12.7. The third-order valence-corrected chi connectivity index (χ3v) is 7.35. The van der Waals surface area contributed by atoms with Gasteiger partial charge in [-0.25, -0.2) is 14.4 Å². The number of carboxylic acid groups (broad SMARTS) is 2. The fourth-order valence-corrected chi connectivity index (χ4v) is 5.52. The highest BCUT2D eigenvalue weighted by molar-refractivity contribution is 6.27. The van der Waals surface area contributed by atoms with Crippen molar-refractivity contribution in [2.75, 3.05) is 26.2 Å². The number of likely N-dealkylation sites (tertiary alicyclic amines) is 2. The summed E-state index contributed by atoms with van der Waals surface area (Å²) < 4.78 is 1.95. The van der Waals surface area contributed by atoms with E-state index < -0.39 is 11.9 Å². The highest BCUT2D eigenvalue weighted by atomic mass is 16.4. The van der Waals surface area contributed by atoms with Crippen LogP contribution in [0.2, 0.25) is 0 Å². The second-order valence-electron chi connectivity index (χ2n) is 9.76. The minimum atomic E-state index is -1.82. The molecule has 2 saturated heterocycles. The van der Waals surface area contributed by atoms with Crippen molar-refractivity contribution in [1.82, 2.24) is 19.4 Å². The van der Waals surface area contributed by atoms with E-state index in [1.165, 1.54) is 5.56 Å². The van der Waals surface area contributed by atoms with Gasteiger partial charge < -0.3 is 25.0 Å². The number of fused-ring (bicyclic) bond motifs is 1. The zero-order chi connectivity index (χ0) is 27.1. The van der Waals surface area contributed by atoms with Gasteiger partial charge in [-0.3, -0.25) is 9.36 Å². The fourth-order valence-electron chi connectivity index (χ4n) is 5.52. The summed E-state index contributed by atoms with van der Waals surface area (Å²) in [6.07, 6.45) is 5.67. The number of nitrogens with one attached hydrogen (secondary N) is 1. The number of hydrogen-bond acceptors (Lipinski definition) is 5. The van der Waals surface area contributed by atoms with E-state index in [9.17, 15) is 9.59 Å². The smallest absolute Gasteiger partial charge is 0.414 e. The Hall–Kier alpha value is -3.92. The maximum Gasteiger partial charge on any atom is 0.414 e. The van der Waals surface area contributed by atoms with E-state index in [4.69, 9.17) is 19.8 Å². The van der Waals surface area contributed by atoms with Crippen molar-refractivity contribution >= 4 is 28.9 Å². The van der Waals surface area contributed by atoms with Gasteiger partial charge in [0.25, 0.3) is 0 Å². The van der Waals surface area contributed by atoms with Gasteiger partial charge in [0.2, 0.25) is 5.91 Å².